The Morgan fingerprint density at radius 2 is 0.672 bits per heavy atom. The minimum atomic E-state index is -10.7. The third kappa shape index (κ3) is 28.9. The van der Waals surface area contributed by atoms with Gasteiger partial charge in [0.1, 0.15) is 0 Å². The van der Waals surface area contributed by atoms with E-state index >= 15 is 0 Å². The first-order valence-corrected chi connectivity index (χ1v) is 22.1. The van der Waals surface area contributed by atoms with Crippen LogP contribution in [0.15, 0.2) is 146 Å². The van der Waals surface area contributed by atoms with E-state index in [2.05, 4.69) is 129 Å². The second-order valence-corrected chi connectivity index (χ2v) is 17.3. The standard InChI is InChI=1S/C36H28N4.2C3H7NO.2F6P/c1-3-7-33(8-4-1)39-23-17-29(18-24-39)11-13-31-15-21-37-35(27-31)36-28-32(16-22-38-36)14-12-30-19-25-40(26-20-30)34-9-5-2-6-10-34;2*1-4(2)3-5;2*1-7(2,3,4,5)6/h1-28H;2*3H,1-2H3;;/q+2;;;2*-1/b13-11+,14-12+;;;;. The fourth-order valence-corrected chi connectivity index (χ4v) is 4.41. The van der Waals surface area contributed by atoms with Crippen LogP contribution >= 0.6 is 15.6 Å². The van der Waals surface area contributed by atoms with Crippen LogP contribution in [-0.4, -0.2) is 60.8 Å². The molecule has 22 heteroatoms. The van der Waals surface area contributed by atoms with Crippen LogP contribution in [0, 0.1) is 0 Å². The molecule has 0 bridgehead atoms. The van der Waals surface area contributed by atoms with Gasteiger partial charge in [-0.05, 0) is 46.5 Å². The van der Waals surface area contributed by atoms with E-state index in [9.17, 15) is 60.0 Å². The van der Waals surface area contributed by atoms with Gasteiger partial charge in [0.15, 0.2) is 24.8 Å². The molecule has 0 spiro atoms. The van der Waals surface area contributed by atoms with Gasteiger partial charge in [-0.3, -0.25) is 19.6 Å². The summed E-state index contributed by atoms with van der Waals surface area (Å²) in [4.78, 5) is 30.9. The first kappa shape index (κ1) is 53.6. The van der Waals surface area contributed by atoms with Crippen molar-refractivity contribution in [3.63, 3.8) is 0 Å². The molecule has 0 N–H and O–H groups in total. The molecule has 0 fully saturated rings. The van der Waals surface area contributed by atoms with E-state index < -0.39 is 15.6 Å². The number of pyridine rings is 4. The Kier molecular flexibility index (Phi) is 17.4. The van der Waals surface area contributed by atoms with Crippen molar-refractivity contribution in [2.45, 2.75) is 0 Å². The van der Waals surface area contributed by atoms with Gasteiger partial charge in [0, 0.05) is 89.1 Å². The van der Waals surface area contributed by atoms with E-state index in [4.69, 9.17) is 0 Å². The number of halogens is 12. The maximum absolute atomic E-state index is 10.7. The van der Waals surface area contributed by atoms with Gasteiger partial charge in [-0.15, -0.1) is 0 Å². The molecule has 0 saturated heterocycles. The Morgan fingerprint density at radius 3 is 0.922 bits per heavy atom. The Hall–Kier alpha value is -6.52. The summed E-state index contributed by atoms with van der Waals surface area (Å²) in [5.41, 5.74) is 8.37. The third-order valence-electron chi connectivity index (χ3n) is 7.01. The zero-order valence-corrected chi connectivity index (χ0v) is 36.0. The quantitative estimate of drug-likeness (QED) is 0.0626. The van der Waals surface area contributed by atoms with Gasteiger partial charge in [-0.2, -0.15) is 9.13 Å². The molecule has 0 aliphatic heterocycles. The molecular formula is C42H42F12N6O2P2. The molecule has 0 unspecified atom stereocenters. The first-order chi connectivity index (χ1) is 29.2. The van der Waals surface area contributed by atoms with E-state index in [0.717, 1.165) is 57.8 Å². The molecule has 6 rings (SSSR count). The molecule has 0 saturated carbocycles. The molecule has 0 atom stereocenters. The van der Waals surface area contributed by atoms with Crippen molar-refractivity contribution in [1.82, 2.24) is 19.8 Å². The van der Waals surface area contributed by atoms with E-state index in [1.54, 1.807) is 28.2 Å². The van der Waals surface area contributed by atoms with Gasteiger partial charge in [-0.25, -0.2) is 0 Å². The van der Waals surface area contributed by atoms with E-state index in [1.807, 2.05) is 60.9 Å². The van der Waals surface area contributed by atoms with Crippen LogP contribution in [0.2, 0.25) is 0 Å². The van der Waals surface area contributed by atoms with Crippen LogP contribution in [-0.2, 0) is 9.59 Å². The number of para-hydroxylation sites is 2. The summed E-state index contributed by atoms with van der Waals surface area (Å²) in [5, 5.41) is 0. The maximum atomic E-state index is 9.87. The van der Waals surface area contributed by atoms with Crippen molar-refractivity contribution in [1.29, 1.82) is 0 Å². The molecule has 64 heavy (non-hydrogen) atoms. The summed E-state index contributed by atoms with van der Waals surface area (Å²) in [6, 6.07) is 37.2. The van der Waals surface area contributed by atoms with E-state index in [0.29, 0.717) is 0 Å². The van der Waals surface area contributed by atoms with Crippen LogP contribution < -0.4 is 9.13 Å². The van der Waals surface area contributed by atoms with Crippen LogP contribution in [0.5, 0.6) is 0 Å². The Bertz CT molecular complexity index is 2260. The van der Waals surface area contributed by atoms with Crippen LogP contribution in [0.4, 0.5) is 50.4 Å². The average Bonchev–Trinajstić information content (AvgIpc) is 3.21. The van der Waals surface area contributed by atoms with Gasteiger partial charge < -0.3 is 9.80 Å². The second kappa shape index (κ2) is 20.8. The molecule has 2 amide bonds. The minimum absolute atomic E-state index is 0.750. The number of rotatable bonds is 9. The van der Waals surface area contributed by atoms with Crippen LogP contribution in [0.3, 0.4) is 0 Å². The molecule has 346 valence electrons. The SMILES string of the molecule is C(=C\c1ccnc(-c2cc(/C=C/c3cc[n+](-c4ccccc4)cc3)ccn2)c1)/c1cc[n+](-c2ccccc2)cc1.CN(C)C=O.CN(C)C=O.F[P-](F)(F)(F)(F)F.F[P-](F)(F)(F)(F)F. The zero-order chi connectivity index (χ0) is 48.4. The van der Waals surface area contributed by atoms with Crippen molar-refractivity contribution in [2.24, 2.45) is 0 Å². The summed E-state index contributed by atoms with van der Waals surface area (Å²) in [6.07, 6.45) is 21.9. The van der Waals surface area contributed by atoms with Crippen molar-refractivity contribution < 1.29 is 69.1 Å². The monoisotopic (exact) mass is 952 g/mol. The average molecular weight is 953 g/mol. The molecule has 0 aliphatic rings. The van der Waals surface area contributed by atoms with Crippen LogP contribution in [0.25, 0.3) is 47.1 Å². The zero-order valence-electron chi connectivity index (χ0n) is 34.3. The summed E-state index contributed by atoms with van der Waals surface area (Å²) < 4.78 is 123. The van der Waals surface area contributed by atoms with Gasteiger partial charge in [0.05, 0.1) is 11.4 Å². The number of benzene rings is 2. The summed E-state index contributed by atoms with van der Waals surface area (Å²) in [6.45, 7) is 0. The Balaban J connectivity index is 0.000000481. The number of aromatic nitrogens is 4. The van der Waals surface area contributed by atoms with Crippen molar-refractivity contribution in [3.05, 3.63) is 169 Å². The summed E-state index contributed by atoms with van der Waals surface area (Å²) in [5.74, 6) is 0. The van der Waals surface area contributed by atoms with Gasteiger partial charge >= 0.3 is 66.0 Å². The molecule has 4 heterocycles. The number of carbonyl (C=O) groups excluding carboxylic acids is 2. The summed E-state index contributed by atoms with van der Waals surface area (Å²) in [7, 11) is -14.6. The van der Waals surface area contributed by atoms with Crippen molar-refractivity contribution in [3.8, 4) is 22.8 Å². The van der Waals surface area contributed by atoms with E-state index in [-0.39, 0.29) is 0 Å². The molecule has 0 aliphatic carbocycles. The molecule has 6 aromatic rings. The van der Waals surface area contributed by atoms with Gasteiger partial charge in [-0.1, -0.05) is 60.7 Å². The molecule has 0 radical (unpaired) electrons. The molecule has 4 aromatic heterocycles. The van der Waals surface area contributed by atoms with Gasteiger partial charge in [0.25, 0.3) is 0 Å². The third-order valence-corrected chi connectivity index (χ3v) is 7.01. The van der Waals surface area contributed by atoms with Crippen molar-refractivity contribution in [2.75, 3.05) is 28.2 Å². The Morgan fingerprint density at radius 1 is 0.422 bits per heavy atom. The second-order valence-electron chi connectivity index (χ2n) is 13.4. The van der Waals surface area contributed by atoms with Gasteiger partial charge in [0.2, 0.25) is 24.2 Å². The first-order valence-electron chi connectivity index (χ1n) is 18.0. The fraction of sp³-hybridized carbons (Fsp3) is 0.0952. The molecule has 2 aromatic carbocycles. The fourth-order valence-electron chi connectivity index (χ4n) is 4.41. The number of nitrogens with zero attached hydrogens (tertiary/aromatic N) is 6. The van der Waals surface area contributed by atoms with Crippen molar-refractivity contribution >= 4 is 52.7 Å². The number of carbonyl (C=O) groups is 2. The summed E-state index contributed by atoms with van der Waals surface area (Å²) >= 11 is 0. The number of hydrogen-bond donors (Lipinski definition) is 0. The topological polar surface area (TPSA) is 74.2 Å². The predicted octanol–water partition coefficient (Wildman–Crippen LogP) is 13.2. The predicted molar refractivity (Wildman–Crippen MR) is 228 cm³/mol. The normalized spacial score (nSPS) is 13.2. The Labute approximate surface area is 360 Å². The molecular weight excluding hydrogens is 910 g/mol. The number of hydrogen-bond acceptors (Lipinski definition) is 4. The molecule has 8 nitrogen and oxygen atoms in total. The number of amides is 2. The van der Waals surface area contributed by atoms with Crippen LogP contribution in [0.1, 0.15) is 22.3 Å². The van der Waals surface area contributed by atoms with E-state index in [1.165, 1.54) is 9.80 Å².